The van der Waals surface area contributed by atoms with Crippen molar-refractivity contribution in [2.75, 3.05) is 0 Å². The summed E-state index contributed by atoms with van der Waals surface area (Å²) in [6.07, 6.45) is -4.77. The average Bonchev–Trinajstić information content (AvgIpc) is 2.03. The predicted molar refractivity (Wildman–Crippen MR) is 52.5 cm³/mol. The Balaban J connectivity index is 2.72. The Kier molecular flexibility index (Phi) is 3.80. The van der Waals surface area contributed by atoms with Crippen LogP contribution < -0.4 is 9.26 Å². The Bertz CT molecular complexity index is 399. The first-order valence-corrected chi connectivity index (χ1v) is 6.39. The highest BCUT2D eigenvalue weighted by Crippen LogP contribution is 2.38. The Morgan fingerprint density at radius 3 is 1.88 bits per heavy atom. The molecular formula is C7H6F3O4PS. The molecule has 9 heteroatoms. The molecule has 0 aliphatic heterocycles. The minimum Gasteiger partial charge on any atom is -0.424 e. The zero-order chi connectivity index (χ0) is 12.4. The SMILES string of the molecule is OP(O)(=S)Oc1ccc(OC(F)(F)F)cc1. The van der Waals surface area contributed by atoms with Crippen molar-refractivity contribution in [2.45, 2.75) is 6.36 Å². The number of ether oxygens (including phenoxy) is 1. The van der Waals surface area contributed by atoms with Crippen molar-refractivity contribution >= 4 is 18.5 Å². The highest BCUT2D eigenvalue weighted by molar-refractivity contribution is 8.06. The molecule has 4 nitrogen and oxygen atoms in total. The maximum atomic E-state index is 11.8. The molecule has 1 aromatic carbocycles. The van der Waals surface area contributed by atoms with E-state index in [4.69, 9.17) is 9.79 Å². The van der Waals surface area contributed by atoms with Crippen molar-refractivity contribution in [2.24, 2.45) is 0 Å². The van der Waals surface area contributed by atoms with Crippen LogP contribution in [-0.2, 0) is 11.8 Å². The second-order valence-corrected chi connectivity index (χ2v) is 5.19. The van der Waals surface area contributed by atoms with Gasteiger partial charge in [-0.3, -0.25) is 0 Å². The molecule has 0 aliphatic rings. The van der Waals surface area contributed by atoms with E-state index >= 15 is 0 Å². The number of benzene rings is 1. The summed E-state index contributed by atoms with van der Waals surface area (Å²) in [5.41, 5.74) is 0. The maximum absolute atomic E-state index is 11.8. The molecule has 90 valence electrons. The van der Waals surface area contributed by atoms with Gasteiger partial charge in [0.25, 0.3) is 0 Å². The van der Waals surface area contributed by atoms with Gasteiger partial charge in [-0.05, 0) is 24.3 Å². The smallest absolute Gasteiger partial charge is 0.424 e. The summed E-state index contributed by atoms with van der Waals surface area (Å²) in [5.74, 6) is -0.494. The third kappa shape index (κ3) is 5.32. The molecule has 0 heterocycles. The van der Waals surface area contributed by atoms with Crippen LogP contribution in [-0.4, -0.2) is 16.1 Å². The number of alkyl halides is 3. The molecule has 2 N–H and O–H groups in total. The fraction of sp³-hybridized carbons (Fsp3) is 0.143. The second kappa shape index (κ2) is 4.58. The van der Waals surface area contributed by atoms with E-state index in [9.17, 15) is 13.2 Å². The molecule has 1 aromatic rings. The number of rotatable bonds is 3. The van der Waals surface area contributed by atoms with Gasteiger partial charge < -0.3 is 19.0 Å². The van der Waals surface area contributed by atoms with E-state index in [-0.39, 0.29) is 5.75 Å². The van der Waals surface area contributed by atoms with E-state index in [1.54, 1.807) is 0 Å². The molecule has 0 saturated carbocycles. The van der Waals surface area contributed by atoms with Crippen molar-refractivity contribution in [1.29, 1.82) is 0 Å². The first kappa shape index (κ1) is 13.2. The topological polar surface area (TPSA) is 58.9 Å². The number of halogens is 3. The van der Waals surface area contributed by atoms with Gasteiger partial charge in [-0.15, -0.1) is 13.2 Å². The Morgan fingerprint density at radius 2 is 1.50 bits per heavy atom. The van der Waals surface area contributed by atoms with E-state index in [0.717, 1.165) is 24.3 Å². The molecule has 0 bridgehead atoms. The summed E-state index contributed by atoms with van der Waals surface area (Å²) in [6, 6.07) is 4.09. The standard InChI is InChI=1S/C7H6F3O4PS/c8-7(9,10)13-5-1-3-6(4-2-5)14-15(11,12)16/h1-4H,(H2,11,12,16). The van der Waals surface area contributed by atoms with Crippen LogP contribution in [0.4, 0.5) is 13.2 Å². The normalized spacial score (nSPS) is 12.3. The van der Waals surface area contributed by atoms with Crippen LogP contribution in [0.25, 0.3) is 0 Å². The molecule has 0 amide bonds. The van der Waals surface area contributed by atoms with Crippen LogP contribution in [0.3, 0.4) is 0 Å². The van der Waals surface area contributed by atoms with Crippen molar-refractivity contribution in [3.05, 3.63) is 24.3 Å². The first-order valence-electron chi connectivity index (χ1n) is 3.77. The van der Waals surface area contributed by atoms with Crippen LogP contribution in [0.5, 0.6) is 11.5 Å². The van der Waals surface area contributed by atoms with Crippen molar-refractivity contribution < 1.29 is 32.2 Å². The average molecular weight is 274 g/mol. The third-order valence-corrected chi connectivity index (χ3v) is 1.95. The van der Waals surface area contributed by atoms with Gasteiger partial charge in [0, 0.05) is 11.8 Å². The monoisotopic (exact) mass is 274 g/mol. The molecule has 0 atom stereocenters. The van der Waals surface area contributed by atoms with E-state index in [1.807, 2.05) is 0 Å². The molecule has 1 rings (SSSR count). The summed E-state index contributed by atoms with van der Waals surface area (Å²) in [5, 5.41) is 0. The maximum Gasteiger partial charge on any atom is 0.573 e. The summed E-state index contributed by atoms with van der Waals surface area (Å²) < 4.78 is 43.4. The van der Waals surface area contributed by atoms with Gasteiger partial charge in [0.2, 0.25) is 0 Å². The zero-order valence-corrected chi connectivity index (χ0v) is 9.22. The van der Waals surface area contributed by atoms with E-state index in [1.165, 1.54) is 0 Å². The highest BCUT2D eigenvalue weighted by Gasteiger charge is 2.31. The Morgan fingerprint density at radius 1 is 1.06 bits per heavy atom. The molecule has 16 heavy (non-hydrogen) atoms. The largest absolute Gasteiger partial charge is 0.573 e. The third-order valence-electron chi connectivity index (χ3n) is 1.28. The molecule has 0 spiro atoms. The lowest BCUT2D eigenvalue weighted by Crippen LogP contribution is -2.16. The van der Waals surface area contributed by atoms with Gasteiger partial charge in [0.15, 0.2) is 0 Å². The van der Waals surface area contributed by atoms with Crippen molar-refractivity contribution in [3.8, 4) is 11.5 Å². The molecule has 0 radical (unpaired) electrons. The summed E-state index contributed by atoms with van der Waals surface area (Å²) >= 11 is 4.18. The van der Waals surface area contributed by atoms with Gasteiger partial charge >= 0.3 is 13.1 Å². The van der Waals surface area contributed by atoms with Crippen LogP contribution >= 0.6 is 6.72 Å². The minimum atomic E-state index is -4.77. The molecule has 0 saturated heterocycles. The van der Waals surface area contributed by atoms with Crippen molar-refractivity contribution in [3.63, 3.8) is 0 Å². The Hall–Kier alpha value is -0.820. The number of hydrogen-bond acceptors (Lipinski definition) is 3. The predicted octanol–water partition coefficient (Wildman–Crippen LogP) is 2.17. The van der Waals surface area contributed by atoms with E-state index in [2.05, 4.69) is 21.1 Å². The zero-order valence-electron chi connectivity index (χ0n) is 7.51. The van der Waals surface area contributed by atoms with Crippen molar-refractivity contribution in [1.82, 2.24) is 0 Å². The lowest BCUT2D eigenvalue weighted by Gasteiger charge is -2.11. The van der Waals surface area contributed by atoms with E-state index in [0.29, 0.717) is 0 Å². The van der Waals surface area contributed by atoms with Crippen LogP contribution in [0.15, 0.2) is 24.3 Å². The fourth-order valence-corrected chi connectivity index (χ4v) is 1.49. The molecule has 0 unspecified atom stereocenters. The fourth-order valence-electron chi connectivity index (χ4n) is 0.839. The highest BCUT2D eigenvalue weighted by atomic mass is 32.5. The molecule has 0 aliphatic carbocycles. The second-order valence-electron chi connectivity index (χ2n) is 2.60. The van der Waals surface area contributed by atoms with Crippen LogP contribution in [0.1, 0.15) is 0 Å². The van der Waals surface area contributed by atoms with Gasteiger partial charge in [0.05, 0.1) is 0 Å². The van der Waals surface area contributed by atoms with Gasteiger partial charge in [-0.25, -0.2) is 0 Å². The van der Waals surface area contributed by atoms with Gasteiger partial charge in [0.1, 0.15) is 11.5 Å². The van der Waals surface area contributed by atoms with Crippen LogP contribution in [0, 0.1) is 0 Å². The summed E-state index contributed by atoms with van der Waals surface area (Å²) in [7, 11) is 0. The quantitative estimate of drug-likeness (QED) is 0.827. The van der Waals surface area contributed by atoms with Gasteiger partial charge in [-0.2, -0.15) is 0 Å². The van der Waals surface area contributed by atoms with E-state index < -0.39 is 18.8 Å². The lowest BCUT2D eigenvalue weighted by molar-refractivity contribution is -0.274. The lowest BCUT2D eigenvalue weighted by atomic mass is 10.3. The first-order chi connectivity index (χ1) is 7.16. The summed E-state index contributed by atoms with van der Waals surface area (Å²) in [6.45, 7) is -3.87. The van der Waals surface area contributed by atoms with Crippen LogP contribution in [0.2, 0.25) is 0 Å². The number of hydrogen-bond donors (Lipinski definition) is 2. The summed E-state index contributed by atoms with van der Waals surface area (Å²) in [4.78, 5) is 17.5. The van der Waals surface area contributed by atoms with Gasteiger partial charge in [-0.1, -0.05) is 0 Å². The Labute approximate surface area is 93.5 Å². The minimum absolute atomic E-state index is 0.0529. The molecule has 0 fully saturated rings. The molecular weight excluding hydrogens is 268 g/mol. The molecule has 0 aromatic heterocycles.